The van der Waals surface area contributed by atoms with Gasteiger partial charge >= 0.3 is 0 Å². The van der Waals surface area contributed by atoms with E-state index in [9.17, 15) is 4.79 Å². The summed E-state index contributed by atoms with van der Waals surface area (Å²) in [5.74, 6) is 0.0234. The minimum Gasteiger partial charge on any atom is -0.326 e. The van der Waals surface area contributed by atoms with Crippen LogP contribution in [0.1, 0.15) is 32.6 Å². The minimum absolute atomic E-state index is 0.0234. The normalized spacial score (nSPS) is 10.5. The molecule has 0 atom stereocenters. The fourth-order valence-electron chi connectivity index (χ4n) is 2.27. The highest BCUT2D eigenvalue weighted by Crippen LogP contribution is 2.21. The second kappa shape index (κ2) is 5.55. The number of carbonyl (C=O) groups is 1. The van der Waals surface area contributed by atoms with Gasteiger partial charge in [0.1, 0.15) is 0 Å². The van der Waals surface area contributed by atoms with E-state index < -0.39 is 0 Å². The van der Waals surface area contributed by atoms with Crippen molar-refractivity contribution in [1.82, 2.24) is 0 Å². The van der Waals surface area contributed by atoms with Crippen molar-refractivity contribution < 1.29 is 4.79 Å². The van der Waals surface area contributed by atoms with Crippen LogP contribution in [0.2, 0.25) is 5.02 Å². The fourth-order valence-corrected chi connectivity index (χ4v) is 2.40. The van der Waals surface area contributed by atoms with Gasteiger partial charge in [-0.25, -0.2) is 0 Å². The maximum atomic E-state index is 12.5. The van der Waals surface area contributed by atoms with Crippen LogP contribution in [0.3, 0.4) is 0 Å². The van der Waals surface area contributed by atoms with Crippen LogP contribution in [0, 0.1) is 13.8 Å². The largest absolute Gasteiger partial charge is 0.326 e. The first kappa shape index (κ1) is 13.8. The van der Waals surface area contributed by atoms with Crippen LogP contribution in [-0.4, -0.2) is 5.78 Å². The molecule has 0 unspecified atom stereocenters. The van der Waals surface area contributed by atoms with E-state index in [2.05, 4.69) is 0 Å². The Morgan fingerprint density at radius 1 is 1.11 bits per heavy atom. The molecule has 0 spiro atoms. The van der Waals surface area contributed by atoms with E-state index in [4.69, 9.17) is 17.3 Å². The number of halogens is 1. The zero-order chi connectivity index (χ0) is 14.0. The number of hydrogen-bond acceptors (Lipinski definition) is 2. The summed E-state index contributed by atoms with van der Waals surface area (Å²) in [7, 11) is 0. The molecule has 2 rings (SSSR count). The molecular weight excluding hydrogens is 258 g/mol. The maximum absolute atomic E-state index is 12.5. The standard InChI is InChI=1S/C16H16ClNO/c1-10-7-12(9-18)8-11(2)15(10)16(19)13-3-5-14(17)6-4-13/h3-8H,9,18H2,1-2H3. The average Bonchev–Trinajstić information content (AvgIpc) is 2.38. The highest BCUT2D eigenvalue weighted by molar-refractivity contribution is 6.30. The number of ketones is 1. The zero-order valence-electron chi connectivity index (χ0n) is 11.0. The van der Waals surface area contributed by atoms with E-state index in [0.717, 1.165) is 22.3 Å². The summed E-state index contributed by atoms with van der Waals surface area (Å²) in [4.78, 5) is 12.5. The molecule has 19 heavy (non-hydrogen) atoms. The number of carbonyl (C=O) groups excluding carboxylic acids is 1. The first-order valence-corrected chi connectivity index (χ1v) is 6.51. The molecule has 2 aromatic carbocycles. The number of benzene rings is 2. The molecule has 0 bridgehead atoms. The number of nitrogens with two attached hydrogens (primary N) is 1. The Kier molecular flexibility index (Phi) is 4.03. The zero-order valence-corrected chi connectivity index (χ0v) is 11.8. The van der Waals surface area contributed by atoms with Crippen LogP contribution in [-0.2, 0) is 6.54 Å². The number of hydrogen-bond donors (Lipinski definition) is 1. The summed E-state index contributed by atoms with van der Waals surface area (Å²) in [5.41, 5.74) is 10.0. The van der Waals surface area contributed by atoms with Gasteiger partial charge in [-0.15, -0.1) is 0 Å². The molecule has 0 saturated heterocycles. The van der Waals surface area contributed by atoms with Crippen molar-refractivity contribution in [2.24, 2.45) is 5.73 Å². The van der Waals surface area contributed by atoms with Crippen molar-refractivity contribution >= 4 is 17.4 Å². The molecule has 0 aliphatic carbocycles. The van der Waals surface area contributed by atoms with E-state index in [0.29, 0.717) is 17.1 Å². The van der Waals surface area contributed by atoms with Gasteiger partial charge in [-0.2, -0.15) is 0 Å². The van der Waals surface area contributed by atoms with Crippen LogP contribution >= 0.6 is 11.6 Å². The Balaban J connectivity index is 2.47. The Morgan fingerprint density at radius 3 is 2.11 bits per heavy atom. The molecule has 2 nitrogen and oxygen atoms in total. The van der Waals surface area contributed by atoms with Crippen molar-refractivity contribution in [3.8, 4) is 0 Å². The van der Waals surface area contributed by atoms with Crippen molar-refractivity contribution in [3.05, 3.63) is 69.2 Å². The lowest BCUT2D eigenvalue weighted by molar-refractivity contribution is 0.103. The van der Waals surface area contributed by atoms with Crippen LogP contribution in [0.25, 0.3) is 0 Å². The highest BCUT2D eigenvalue weighted by Gasteiger charge is 2.15. The van der Waals surface area contributed by atoms with Gasteiger partial charge in [0, 0.05) is 22.7 Å². The van der Waals surface area contributed by atoms with Crippen molar-refractivity contribution in [2.75, 3.05) is 0 Å². The Bertz CT molecular complexity index is 594. The molecule has 2 aromatic rings. The molecule has 0 fully saturated rings. The minimum atomic E-state index is 0.0234. The first-order valence-electron chi connectivity index (χ1n) is 6.13. The van der Waals surface area contributed by atoms with Gasteiger partial charge in [-0.3, -0.25) is 4.79 Å². The molecule has 0 heterocycles. The Hall–Kier alpha value is -1.64. The van der Waals surface area contributed by atoms with E-state index in [1.807, 2.05) is 26.0 Å². The predicted molar refractivity (Wildman–Crippen MR) is 78.7 cm³/mol. The molecule has 0 aliphatic heterocycles. The van der Waals surface area contributed by atoms with Gasteiger partial charge in [0.15, 0.2) is 5.78 Å². The SMILES string of the molecule is Cc1cc(CN)cc(C)c1C(=O)c1ccc(Cl)cc1. The Labute approximate surface area is 118 Å². The number of rotatable bonds is 3. The molecular formula is C16H16ClNO. The van der Waals surface area contributed by atoms with Crippen molar-refractivity contribution in [3.63, 3.8) is 0 Å². The molecule has 0 radical (unpaired) electrons. The number of aryl methyl sites for hydroxylation is 2. The molecule has 3 heteroatoms. The van der Waals surface area contributed by atoms with Crippen molar-refractivity contribution in [2.45, 2.75) is 20.4 Å². The quantitative estimate of drug-likeness (QED) is 0.868. The van der Waals surface area contributed by atoms with Crippen LogP contribution in [0.4, 0.5) is 0 Å². The van der Waals surface area contributed by atoms with E-state index in [-0.39, 0.29) is 5.78 Å². The topological polar surface area (TPSA) is 43.1 Å². The van der Waals surface area contributed by atoms with Crippen LogP contribution in [0.15, 0.2) is 36.4 Å². The van der Waals surface area contributed by atoms with Gasteiger partial charge in [0.2, 0.25) is 0 Å². The van der Waals surface area contributed by atoms with E-state index in [1.165, 1.54) is 0 Å². The second-order valence-electron chi connectivity index (χ2n) is 4.64. The molecule has 0 aliphatic rings. The highest BCUT2D eigenvalue weighted by atomic mass is 35.5. The summed E-state index contributed by atoms with van der Waals surface area (Å²) in [6, 6.07) is 10.9. The van der Waals surface area contributed by atoms with Crippen molar-refractivity contribution in [1.29, 1.82) is 0 Å². The lowest BCUT2D eigenvalue weighted by Crippen LogP contribution is -2.08. The van der Waals surface area contributed by atoms with Gasteiger partial charge < -0.3 is 5.73 Å². The summed E-state index contributed by atoms with van der Waals surface area (Å²) < 4.78 is 0. The summed E-state index contributed by atoms with van der Waals surface area (Å²) in [6.45, 7) is 4.36. The molecule has 0 amide bonds. The first-order chi connectivity index (χ1) is 9.02. The predicted octanol–water partition coefficient (Wildman–Crippen LogP) is 3.65. The van der Waals surface area contributed by atoms with E-state index >= 15 is 0 Å². The van der Waals surface area contributed by atoms with E-state index in [1.54, 1.807) is 24.3 Å². The van der Waals surface area contributed by atoms with Gasteiger partial charge in [0.25, 0.3) is 0 Å². The average molecular weight is 274 g/mol. The third-order valence-corrected chi connectivity index (χ3v) is 3.41. The molecule has 2 N–H and O–H groups in total. The maximum Gasteiger partial charge on any atom is 0.193 e. The monoisotopic (exact) mass is 273 g/mol. The summed E-state index contributed by atoms with van der Waals surface area (Å²) >= 11 is 5.84. The summed E-state index contributed by atoms with van der Waals surface area (Å²) in [6.07, 6.45) is 0. The third-order valence-electron chi connectivity index (χ3n) is 3.16. The molecule has 0 aromatic heterocycles. The second-order valence-corrected chi connectivity index (χ2v) is 5.08. The molecule has 98 valence electrons. The summed E-state index contributed by atoms with van der Waals surface area (Å²) in [5, 5.41) is 0.628. The van der Waals surface area contributed by atoms with Crippen LogP contribution in [0.5, 0.6) is 0 Å². The van der Waals surface area contributed by atoms with Crippen LogP contribution < -0.4 is 5.73 Å². The molecule has 0 saturated carbocycles. The third kappa shape index (κ3) is 2.86. The lowest BCUT2D eigenvalue weighted by atomic mass is 9.93. The smallest absolute Gasteiger partial charge is 0.193 e. The fraction of sp³-hybridized carbons (Fsp3) is 0.188. The lowest BCUT2D eigenvalue weighted by Gasteiger charge is -2.11. The van der Waals surface area contributed by atoms with Gasteiger partial charge in [0.05, 0.1) is 0 Å². The van der Waals surface area contributed by atoms with Gasteiger partial charge in [-0.1, -0.05) is 23.7 Å². The Morgan fingerprint density at radius 2 is 1.63 bits per heavy atom. The van der Waals surface area contributed by atoms with Gasteiger partial charge in [-0.05, 0) is 54.8 Å².